The van der Waals surface area contributed by atoms with Crippen LogP contribution in [-0.2, 0) is 11.5 Å². The number of rotatable bonds is 1. The molecule has 74 valence electrons. The highest BCUT2D eigenvalue weighted by Gasteiger charge is 2.16. The summed E-state index contributed by atoms with van der Waals surface area (Å²) in [5.74, 6) is 2.63. The zero-order valence-corrected chi connectivity index (χ0v) is 8.69. The number of benzene rings is 1. The molecule has 0 unspecified atom stereocenters. The molecule has 1 heterocycles. The molecule has 0 saturated heterocycles. The highest BCUT2D eigenvalue weighted by atomic mass is 32.2. The zero-order chi connectivity index (χ0) is 9.97. The second-order valence-electron chi connectivity index (χ2n) is 3.03. The molecule has 4 heteroatoms. The van der Waals surface area contributed by atoms with Gasteiger partial charge in [0.05, 0.1) is 0 Å². The topological polar surface area (TPSA) is 38.3 Å². The Balaban J connectivity index is 2.26. The number of thioether (sulfide) groups is 1. The first-order chi connectivity index (χ1) is 6.81. The van der Waals surface area contributed by atoms with Crippen molar-refractivity contribution in [2.24, 2.45) is 0 Å². The molecule has 3 nitrogen and oxygen atoms in total. The normalized spacial score (nSPS) is 13.5. The lowest BCUT2D eigenvalue weighted by Crippen LogP contribution is -2.22. The number of fused-ring (bicyclic) bond motifs is 1. The molecular formula is C10H11NO2S. The zero-order valence-electron chi connectivity index (χ0n) is 7.87. The maximum atomic E-state index is 11.0. The first-order valence-corrected chi connectivity index (χ1v) is 5.55. The van der Waals surface area contributed by atoms with Crippen LogP contribution in [0.3, 0.4) is 0 Å². The van der Waals surface area contributed by atoms with Crippen LogP contribution in [0.15, 0.2) is 18.2 Å². The van der Waals surface area contributed by atoms with Crippen molar-refractivity contribution in [1.82, 2.24) is 5.32 Å². The van der Waals surface area contributed by atoms with E-state index in [1.807, 2.05) is 23.9 Å². The van der Waals surface area contributed by atoms with Gasteiger partial charge in [0.25, 0.3) is 0 Å². The van der Waals surface area contributed by atoms with Gasteiger partial charge >= 0.3 is 6.09 Å². The van der Waals surface area contributed by atoms with E-state index in [-0.39, 0.29) is 0 Å². The minimum absolute atomic E-state index is 0.407. The summed E-state index contributed by atoms with van der Waals surface area (Å²) in [6.07, 6.45) is -0.407. The van der Waals surface area contributed by atoms with E-state index in [1.165, 1.54) is 5.56 Å². The summed E-state index contributed by atoms with van der Waals surface area (Å²) in [5.41, 5.74) is 2.43. The Hall–Kier alpha value is -1.16. The van der Waals surface area contributed by atoms with Crippen molar-refractivity contribution in [3.63, 3.8) is 0 Å². The molecule has 14 heavy (non-hydrogen) atoms. The van der Waals surface area contributed by atoms with Crippen LogP contribution in [0.1, 0.15) is 11.1 Å². The van der Waals surface area contributed by atoms with Crippen LogP contribution >= 0.6 is 11.8 Å². The lowest BCUT2D eigenvalue weighted by molar-refractivity contribution is 0.202. The van der Waals surface area contributed by atoms with E-state index in [1.54, 1.807) is 7.05 Å². The Morgan fingerprint density at radius 1 is 1.50 bits per heavy atom. The van der Waals surface area contributed by atoms with Gasteiger partial charge in [0.1, 0.15) is 5.75 Å². The van der Waals surface area contributed by atoms with Crippen molar-refractivity contribution < 1.29 is 9.53 Å². The fourth-order valence-electron chi connectivity index (χ4n) is 1.42. The van der Waals surface area contributed by atoms with Gasteiger partial charge in [0, 0.05) is 24.1 Å². The van der Waals surface area contributed by atoms with E-state index in [0.717, 1.165) is 17.1 Å². The smallest absolute Gasteiger partial charge is 0.410 e. The maximum absolute atomic E-state index is 11.0. The summed E-state index contributed by atoms with van der Waals surface area (Å²) in [6, 6.07) is 5.83. The number of carbonyl (C=O) groups is 1. The largest absolute Gasteiger partial charge is 0.412 e. The van der Waals surface area contributed by atoms with Gasteiger partial charge in [0.15, 0.2) is 0 Å². The quantitative estimate of drug-likeness (QED) is 0.770. The fraction of sp³-hybridized carbons (Fsp3) is 0.300. The second-order valence-corrected chi connectivity index (χ2v) is 4.01. The number of ether oxygens (including phenoxy) is 1. The van der Waals surface area contributed by atoms with Gasteiger partial charge in [-0.1, -0.05) is 12.1 Å². The molecule has 0 atom stereocenters. The molecule has 1 aliphatic heterocycles. The van der Waals surface area contributed by atoms with Crippen LogP contribution in [0.4, 0.5) is 4.79 Å². The minimum atomic E-state index is -0.407. The standard InChI is InChI=1S/C10H11NO2S/c1-11-10(12)13-9-4-2-3-7-5-14-6-8(7)9/h2-4H,5-6H2,1H3,(H,11,12). The van der Waals surface area contributed by atoms with E-state index in [2.05, 4.69) is 11.4 Å². The number of nitrogens with one attached hydrogen (secondary N) is 1. The van der Waals surface area contributed by atoms with Crippen LogP contribution in [0.5, 0.6) is 5.75 Å². The Kier molecular flexibility index (Phi) is 2.63. The third-order valence-electron chi connectivity index (χ3n) is 2.14. The van der Waals surface area contributed by atoms with E-state index in [4.69, 9.17) is 4.74 Å². The van der Waals surface area contributed by atoms with E-state index in [9.17, 15) is 4.79 Å². The van der Waals surface area contributed by atoms with Crippen molar-refractivity contribution in [3.05, 3.63) is 29.3 Å². The predicted octanol–water partition coefficient (Wildman–Crippen LogP) is 2.15. The molecule has 0 aromatic heterocycles. The summed E-state index contributed by atoms with van der Waals surface area (Å²) in [5, 5.41) is 2.44. The lowest BCUT2D eigenvalue weighted by atomic mass is 10.1. The third-order valence-corrected chi connectivity index (χ3v) is 3.15. The van der Waals surface area contributed by atoms with Gasteiger partial charge in [-0.15, -0.1) is 0 Å². The Labute approximate surface area is 86.8 Å². The first-order valence-electron chi connectivity index (χ1n) is 4.39. The second kappa shape index (κ2) is 3.92. The molecule has 0 bridgehead atoms. The van der Waals surface area contributed by atoms with Crippen molar-refractivity contribution in [3.8, 4) is 5.75 Å². The van der Waals surface area contributed by atoms with Crippen LogP contribution in [0, 0.1) is 0 Å². The molecular weight excluding hydrogens is 198 g/mol. The van der Waals surface area contributed by atoms with Crippen molar-refractivity contribution in [2.75, 3.05) is 7.05 Å². The van der Waals surface area contributed by atoms with Crippen LogP contribution < -0.4 is 10.1 Å². The van der Waals surface area contributed by atoms with E-state index < -0.39 is 6.09 Å². The fourth-order valence-corrected chi connectivity index (χ4v) is 2.54. The van der Waals surface area contributed by atoms with Gasteiger partial charge < -0.3 is 10.1 Å². The molecule has 0 spiro atoms. The average Bonchev–Trinajstić information content (AvgIpc) is 2.66. The van der Waals surface area contributed by atoms with Crippen LogP contribution in [0.25, 0.3) is 0 Å². The number of amides is 1. The SMILES string of the molecule is CNC(=O)Oc1cccc2c1CSC2. The minimum Gasteiger partial charge on any atom is -0.410 e. The Morgan fingerprint density at radius 2 is 2.36 bits per heavy atom. The highest BCUT2D eigenvalue weighted by molar-refractivity contribution is 7.98. The van der Waals surface area contributed by atoms with E-state index in [0.29, 0.717) is 5.75 Å². The number of hydrogen-bond acceptors (Lipinski definition) is 3. The van der Waals surface area contributed by atoms with Crippen molar-refractivity contribution in [2.45, 2.75) is 11.5 Å². The van der Waals surface area contributed by atoms with Gasteiger partial charge in [-0.2, -0.15) is 11.8 Å². The molecule has 0 aliphatic carbocycles. The number of carbonyl (C=O) groups excluding carboxylic acids is 1. The summed E-state index contributed by atoms with van der Waals surface area (Å²) in [7, 11) is 1.56. The van der Waals surface area contributed by atoms with Gasteiger partial charge in [-0.05, 0) is 11.6 Å². The monoisotopic (exact) mass is 209 g/mol. The Bertz CT molecular complexity index is 365. The van der Waals surface area contributed by atoms with Gasteiger partial charge in [-0.3, -0.25) is 0 Å². The summed E-state index contributed by atoms with van der Waals surface area (Å²) in [4.78, 5) is 11.0. The molecule has 1 aromatic rings. The number of hydrogen-bond donors (Lipinski definition) is 1. The molecule has 1 amide bonds. The third kappa shape index (κ3) is 1.70. The summed E-state index contributed by atoms with van der Waals surface area (Å²) < 4.78 is 5.14. The van der Waals surface area contributed by atoms with Crippen molar-refractivity contribution in [1.29, 1.82) is 0 Å². The molecule has 1 aliphatic rings. The molecule has 0 fully saturated rings. The summed E-state index contributed by atoms with van der Waals surface area (Å²) in [6.45, 7) is 0. The van der Waals surface area contributed by atoms with Gasteiger partial charge in [-0.25, -0.2) is 4.79 Å². The van der Waals surface area contributed by atoms with Crippen molar-refractivity contribution >= 4 is 17.9 Å². The molecule has 0 saturated carbocycles. The van der Waals surface area contributed by atoms with Crippen LogP contribution in [0.2, 0.25) is 0 Å². The first kappa shape index (κ1) is 9.40. The highest BCUT2D eigenvalue weighted by Crippen LogP contribution is 2.35. The summed E-state index contributed by atoms with van der Waals surface area (Å²) >= 11 is 1.84. The van der Waals surface area contributed by atoms with E-state index >= 15 is 0 Å². The average molecular weight is 209 g/mol. The molecule has 1 aromatic carbocycles. The predicted molar refractivity (Wildman–Crippen MR) is 56.5 cm³/mol. The molecule has 0 radical (unpaired) electrons. The molecule has 1 N–H and O–H groups in total. The van der Waals surface area contributed by atoms with Crippen LogP contribution in [-0.4, -0.2) is 13.1 Å². The van der Waals surface area contributed by atoms with Gasteiger partial charge in [0.2, 0.25) is 0 Å². The molecule has 2 rings (SSSR count). The lowest BCUT2D eigenvalue weighted by Gasteiger charge is -2.07. The maximum Gasteiger partial charge on any atom is 0.412 e. The Morgan fingerprint density at radius 3 is 3.14 bits per heavy atom.